The van der Waals surface area contributed by atoms with E-state index in [2.05, 4.69) is 9.88 Å². The average molecular weight is 464 g/mol. The van der Waals surface area contributed by atoms with Gasteiger partial charge >= 0.3 is 6.18 Å². The summed E-state index contributed by atoms with van der Waals surface area (Å²) in [6, 6.07) is 9.56. The zero-order valence-electron chi connectivity index (χ0n) is 16.5. The fourth-order valence-corrected chi connectivity index (χ4v) is 4.37. The minimum absolute atomic E-state index is 0. The van der Waals surface area contributed by atoms with E-state index in [1.54, 1.807) is 23.1 Å². The lowest BCUT2D eigenvalue weighted by Crippen LogP contribution is -2.37. The van der Waals surface area contributed by atoms with E-state index in [0.29, 0.717) is 18.7 Å². The summed E-state index contributed by atoms with van der Waals surface area (Å²) in [6.07, 6.45) is -0.110. The van der Waals surface area contributed by atoms with Gasteiger partial charge in [0.15, 0.2) is 0 Å². The van der Waals surface area contributed by atoms with Gasteiger partial charge in [0, 0.05) is 30.9 Å². The van der Waals surface area contributed by atoms with Gasteiger partial charge in [-0.25, -0.2) is 8.42 Å². The first-order chi connectivity index (χ1) is 13.6. The van der Waals surface area contributed by atoms with Crippen LogP contribution in [-0.4, -0.2) is 43.8 Å². The number of nitrogens with one attached hydrogen (secondary N) is 1. The van der Waals surface area contributed by atoms with Crippen molar-refractivity contribution in [2.75, 3.05) is 19.3 Å². The van der Waals surface area contributed by atoms with Gasteiger partial charge in [0.2, 0.25) is 10.0 Å². The minimum atomic E-state index is -4.71. The molecule has 3 rings (SSSR count). The van der Waals surface area contributed by atoms with E-state index in [1.165, 1.54) is 12.1 Å². The molecule has 10 heteroatoms. The van der Waals surface area contributed by atoms with Crippen LogP contribution in [0.3, 0.4) is 0 Å². The lowest BCUT2D eigenvalue weighted by atomic mass is 9.94. The van der Waals surface area contributed by atoms with Gasteiger partial charge in [-0.3, -0.25) is 9.88 Å². The number of halogens is 4. The molecule has 1 unspecified atom stereocenters. The molecular formula is C20H25ClF3N3O2S. The second kappa shape index (κ2) is 10.1. The molecule has 0 aliphatic carbocycles. The molecular weight excluding hydrogens is 439 g/mol. The Hall–Kier alpha value is -1.68. The first kappa shape index (κ1) is 24.6. The third-order valence-corrected chi connectivity index (χ3v) is 5.65. The summed E-state index contributed by atoms with van der Waals surface area (Å²) in [4.78, 5) is 6.71. The number of rotatable bonds is 6. The Morgan fingerprint density at radius 3 is 2.47 bits per heavy atom. The minimum Gasteiger partial charge on any atom is -0.298 e. The SMILES string of the molecule is CS(=O)(=O)N[C@@H](c1ccc(CN2CCCC(c3ccccn3)C2)cc1)C(F)(F)F.Cl. The molecule has 2 heterocycles. The molecule has 1 aromatic carbocycles. The second-order valence-corrected chi connectivity index (χ2v) is 9.22. The predicted octanol–water partition coefficient (Wildman–Crippen LogP) is 4.04. The molecule has 0 saturated carbocycles. The van der Waals surface area contributed by atoms with Crippen LogP contribution in [0.15, 0.2) is 48.7 Å². The number of likely N-dealkylation sites (tertiary alicyclic amines) is 1. The number of piperidine rings is 1. The third kappa shape index (κ3) is 6.94. The van der Waals surface area contributed by atoms with E-state index in [1.807, 2.05) is 18.2 Å². The summed E-state index contributed by atoms with van der Waals surface area (Å²) in [7, 11) is -4.00. The highest BCUT2D eigenvalue weighted by Gasteiger charge is 2.42. The Morgan fingerprint density at radius 2 is 1.90 bits per heavy atom. The zero-order chi connectivity index (χ0) is 21.1. The maximum absolute atomic E-state index is 13.3. The quantitative estimate of drug-likeness (QED) is 0.702. The molecule has 1 saturated heterocycles. The monoisotopic (exact) mass is 463 g/mol. The molecule has 166 valence electrons. The maximum atomic E-state index is 13.3. The van der Waals surface area contributed by atoms with Gasteiger partial charge in [-0.15, -0.1) is 12.4 Å². The Balaban J connectivity index is 0.00000320. The number of nitrogens with zero attached hydrogens (tertiary/aromatic N) is 2. The molecule has 1 fully saturated rings. The van der Waals surface area contributed by atoms with Crippen LogP contribution in [0.5, 0.6) is 0 Å². The van der Waals surface area contributed by atoms with Crippen LogP contribution in [0.4, 0.5) is 13.2 Å². The Bertz CT molecular complexity index is 909. The van der Waals surface area contributed by atoms with E-state index in [-0.39, 0.29) is 18.0 Å². The summed E-state index contributed by atoms with van der Waals surface area (Å²) in [5, 5.41) is 0. The lowest BCUT2D eigenvalue weighted by Gasteiger charge is -2.32. The highest BCUT2D eigenvalue weighted by molar-refractivity contribution is 7.88. The summed E-state index contributed by atoms with van der Waals surface area (Å²) in [6.45, 7) is 2.39. The smallest absolute Gasteiger partial charge is 0.298 e. The van der Waals surface area contributed by atoms with Gasteiger partial charge in [-0.1, -0.05) is 30.3 Å². The molecule has 0 amide bonds. The number of hydrogen-bond acceptors (Lipinski definition) is 4. The topological polar surface area (TPSA) is 62.3 Å². The van der Waals surface area contributed by atoms with E-state index >= 15 is 0 Å². The molecule has 1 aliphatic heterocycles. The molecule has 1 aliphatic rings. The normalized spacial score (nSPS) is 19.1. The van der Waals surface area contributed by atoms with Gasteiger partial charge in [0.05, 0.1) is 6.26 Å². The van der Waals surface area contributed by atoms with Crippen LogP contribution in [0.25, 0.3) is 0 Å². The zero-order valence-corrected chi connectivity index (χ0v) is 18.1. The van der Waals surface area contributed by atoms with Crippen LogP contribution in [0, 0.1) is 0 Å². The molecule has 0 spiro atoms. The molecule has 0 radical (unpaired) electrons. The second-order valence-electron chi connectivity index (χ2n) is 7.44. The van der Waals surface area contributed by atoms with Gasteiger partial charge in [0.25, 0.3) is 0 Å². The average Bonchev–Trinajstić information content (AvgIpc) is 2.66. The van der Waals surface area contributed by atoms with Crippen molar-refractivity contribution in [1.29, 1.82) is 0 Å². The van der Waals surface area contributed by atoms with E-state index in [0.717, 1.165) is 37.2 Å². The summed E-state index contributed by atoms with van der Waals surface area (Å²) in [5.74, 6) is 0.345. The van der Waals surface area contributed by atoms with Crippen molar-refractivity contribution in [2.45, 2.75) is 37.5 Å². The highest BCUT2D eigenvalue weighted by atomic mass is 35.5. The van der Waals surface area contributed by atoms with E-state index in [4.69, 9.17) is 0 Å². The van der Waals surface area contributed by atoms with Crippen molar-refractivity contribution in [3.8, 4) is 0 Å². The Kier molecular flexibility index (Phi) is 8.27. The van der Waals surface area contributed by atoms with Gasteiger partial charge in [0.1, 0.15) is 6.04 Å². The summed E-state index contributed by atoms with van der Waals surface area (Å²) >= 11 is 0. The van der Waals surface area contributed by atoms with Gasteiger partial charge in [-0.05, 0) is 42.6 Å². The largest absolute Gasteiger partial charge is 0.408 e. The Morgan fingerprint density at radius 1 is 1.20 bits per heavy atom. The van der Waals surface area contributed by atoms with Crippen molar-refractivity contribution in [2.24, 2.45) is 0 Å². The highest BCUT2D eigenvalue weighted by Crippen LogP contribution is 2.33. The van der Waals surface area contributed by atoms with Crippen LogP contribution in [0.1, 0.15) is 41.6 Å². The van der Waals surface area contributed by atoms with Crippen molar-refractivity contribution >= 4 is 22.4 Å². The number of hydrogen-bond donors (Lipinski definition) is 1. The molecule has 5 nitrogen and oxygen atoms in total. The fourth-order valence-electron chi connectivity index (χ4n) is 3.67. The first-order valence-corrected chi connectivity index (χ1v) is 11.3. The van der Waals surface area contributed by atoms with Crippen molar-refractivity contribution < 1.29 is 21.6 Å². The molecule has 30 heavy (non-hydrogen) atoms. The molecule has 0 bridgehead atoms. The van der Waals surface area contributed by atoms with Crippen LogP contribution in [0.2, 0.25) is 0 Å². The Labute approximate surface area is 181 Å². The maximum Gasteiger partial charge on any atom is 0.408 e. The van der Waals surface area contributed by atoms with Crippen LogP contribution in [-0.2, 0) is 16.6 Å². The van der Waals surface area contributed by atoms with Crippen molar-refractivity contribution in [3.63, 3.8) is 0 Å². The van der Waals surface area contributed by atoms with Crippen LogP contribution < -0.4 is 4.72 Å². The number of pyridine rings is 1. The molecule has 2 atom stereocenters. The first-order valence-electron chi connectivity index (χ1n) is 9.38. The molecule has 1 aromatic heterocycles. The van der Waals surface area contributed by atoms with Crippen molar-refractivity contribution in [3.05, 3.63) is 65.5 Å². The molecule has 1 N–H and O–H groups in total. The van der Waals surface area contributed by atoms with Gasteiger partial charge < -0.3 is 0 Å². The van der Waals surface area contributed by atoms with E-state index < -0.39 is 22.2 Å². The van der Waals surface area contributed by atoms with Crippen LogP contribution >= 0.6 is 12.4 Å². The number of sulfonamides is 1. The third-order valence-electron chi connectivity index (χ3n) is 4.99. The lowest BCUT2D eigenvalue weighted by molar-refractivity contribution is -0.153. The number of benzene rings is 1. The predicted molar refractivity (Wildman–Crippen MR) is 112 cm³/mol. The number of alkyl halides is 3. The fraction of sp³-hybridized carbons (Fsp3) is 0.450. The van der Waals surface area contributed by atoms with Gasteiger partial charge in [-0.2, -0.15) is 17.9 Å². The van der Waals surface area contributed by atoms with E-state index in [9.17, 15) is 21.6 Å². The standard InChI is InChI=1S/C20H24F3N3O2S.ClH/c1-29(27,28)25-19(20(21,22)23)16-9-7-15(8-10-16)13-26-12-4-5-17(14-26)18-6-2-3-11-24-18;/h2-3,6-11,17,19,25H,4-5,12-14H2,1H3;1H/t17?,19-;/m0./s1. The van der Waals surface area contributed by atoms with Crippen molar-refractivity contribution in [1.82, 2.24) is 14.6 Å². The summed E-state index contributed by atoms with van der Waals surface area (Å²) in [5.41, 5.74) is 1.82. The number of aromatic nitrogens is 1. The summed E-state index contributed by atoms with van der Waals surface area (Å²) < 4.78 is 64.1. The molecule has 2 aromatic rings.